The van der Waals surface area contributed by atoms with E-state index in [0.29, 0.717) is 13.0 Å². The lowest BCUT2D eigenvalue weighted by Gasteiger charge is -2.22. The zero-order valence-electron chi connectivity index (χ0n) is 16.1. The Bertz CT molecular complexity index is 382. The predicted octanol–water partition coefficient (Wildman–Crippen LogP) is 0.569. The average molecular weight is 365 g/mol. The van der Waals surface area contributed by atoms with E-state index >= 15 is 0 Å². The number of hydrogen-bond donors (Lipinski definition) is 6. The van der Waals surface area contributed by atoms with Gasteiger partial charge in [0.2, 0.25) is 0 Å². The van der Waals surface area contributed by atoms with Gasteiger partial charge in [-0.3, -0.25) is 14.4 Å². The van der Waals surface area contributed by atoms with Crippen LogP contribution in [0.1, 0.15) is 47.5 Å². The Kier molecular flexibility index (Phi) is 16.4. The van der Waals surface area contributed by atoms with Crippen LogP contribution in [0.25, 0.3) is 0 Å². The number of likely N-dealkylation sites (N-methyl/N-ethyl adjacent to an activating group) is 1. The minimum absolute atomic E-state index is 0.146. The molecule has 0 aromatic rings. The fourth-order valence-corrected chi connectivity index (χ4v) is 1.37. The van der Waals surface area contributed by atoms with Crippen LogP contribution in [0.3, 0.4) is 0 Å². The molecule has 8 N–H and O–H groups in total. The van der Waals surface area contributed by atoms with Crippen LogP contribution in [0.5, 0.6) is 0 Å². The summed E-state index contributed by atoms with van der Waals surface area (Å²) in [7, 11) is 1.65. The van der Waals surface area contributed by atoms with Crippen LogP contribution in [0.15, 0.2) is 0 Å². The molecular formula is C16H35N3O6. The smallest absolute Gasteiger partial charge is 0.321 e. The second-order valence-electron chi connectivity index (χ2n) is 6.82. The van der Waals surface area contributed by atoms with Crippen molar-refractivity contribution in [3.05, 3.63) is 0 Å². The van der Waals surface area contributed by atoms with Crippen molar-refractivity contribution in [2.45, 2.75) is 59.5 Å². The maximum absolute atomic E-state index is 10.3. The Morgan fingerprint density at radius 3 is 1.52 bits per heavy atom. The summed E-state index contributed by atoms with van der Waals surface area (Å²) in [6, 6.07) is -1.18. The molecule has 0 aliphatic heterocycles. The molecule has 0 saturated heterocycles. The van der Waals surface area contributed by atoms with Crippen molar-refractivity contribution in [2.24, 2.45) is 22.8 Å². The maximum atomic E-state index is 10.3. The summed E-state index contributed by atoms with van der Waals surface area (Å²) < 4.78 is 0. The van der Waals surface area contributed by atoms with E-state index in [1.54, 1.807) is 27.8 Å². The van der Waals surface area contributed by atoms with Crippen LogP contribution < -0.4 is 16.8 Å². The molecule has 0 saturated carbocycles. The highest BCUT2D eigenvalue weighted by Gasteiger charge is 2.26. The topological polar surface area (TPSA) is 176 Å². The van der Waals surface area contributed by atoms with Crippen molar-refractivity contribution >= 4 is 17.9 Å². The lowest BCUT2D eigenvalue weighted by Crippen LogP contribution is -2.41. The van der Waals surface area contributed by atoms with E-state index in [-0.39, 0.29) is 17.8 Å². The van der Waals surface area contributed by atoms with E-state index in [1.807, 2.05) is 13.8 Å². The van der Waals surface area contributed by atoms with Gasteiger partial charge in [-0.25, -0.2) is 0 Å². The van der Waals surface area contributed by atoms with Gasteiger partial charge in [-0.1, -0.05) is 34.6 Å². The summed E-state index contributed by atoms with van der Waals surface area (Å²) in [5.41, 5.74) is 9.97. The van der Waals surface area contributed by atoms with E-state index in [4.69, 9.17) is 26.8 Å². The van der Waals surface area contributed by atoms with Gasteiger partial charge in [-0.05, 0) is 31.3 Å². The van der Waals surface area contributed by atoms with Crippen molar-refractivity contribution < 1.29 is 29.7 Å². The van der Waals surface area contributed by atoms with Crippen molar-refractivity contribution in [3.8, 4) is 0 Å². The molecule has 0 radical (unpaired) electrons. The second-order valence-corrected chi connectivity index (χ2v) is 6.82. The van der Waals surface area contributed by atoms with Gasteiger partial charge in [0.05, 0.1) is 0 Å². The van der Waals surface area contributed by atoms with Gasteiger partial charge < -0.3 is 32.1 Å². The molecule has 0 unspecified atom stereocenters. The van der Waals surface area contributed by atoms with E-state index in [9.17, 15) is 14.4 Å². The zero-order chi connectivity index (χ0) is 20.8. The van der Waals surface area contributed by atoms with Gasteiger partial charge in [0.15, 0.2) is 0 Å². The van der Waals surface area contributed by atoms with Crippen LogP contribution >= 0.6 is 0 Å². The number of nitrogens with two attached hydrogens (primary N) is 2. The molecule has 0 heterocycles. The number of carboxylic acid groups (broad SMARTS) is 3. The van der Waals surface area contributed by atoms with Crippen molar-refractivity contribution in [1.29, 1.82) is 0 Å². The monoisotopic (exact) mass is 365 g/mol. The van der Waals surface area contributed by atoms with E-state index < -0.39 is 30.0 Å². The standard InChI is InChI=1S/2C6H13NO2.C4H9NO2/c1-6(2,3)4(7)5(8)9;1-4(2)5(7-3)6(8)9;5-3-1-2-4(6)7/h4H,7H2,1-3H3,(H,8,9);4-5,7H,1-3H3,(H,8,9);1-3,5H2,(H,6,7)/t4-;5-;/m11./s1. The molecule has 0 aliphatic rings. The van der Waals surface area contributed by atoms with Gasteiger partial charge in [0, 0.05) is 6.42 Å². The minimum atomic E-state index is -0.942. The third-order valence-electron chi connectivity index (χ3n) is 3.04. The number of hydrogen-bond acceptors (Lipinski definition) is 6. The SMILES string of the molecule is CC(C)(C)[C@H](N)C(=O)O.CN[C@@H](C(=O)O)C(C)C.NCCCC(=O)O. The number of carbonyl (C=O) groups is 3. The third kappa shape index (κ3) is 18.5. The first-order valence-electron chi connectivity index (χ1n) is 8.02. The summed E-state index contributed by atoms with van der Waals surface area (Å²) in [5.74, 6) is -2.35. The fraction of sp³-hybridized carbons (Fsp3) is 0.812. The average Bonchev–Trinajstić information content (AvgIpc) is 2.44. The van der Waals surface area contributed by atoms with Crippen LogP contribution in [0, 0.1) is 11.3 Å². The molecule has 0 aromatic carbocycles. The Hall–Kier alpha value is -1.71. The highest BCUT2D eigenvalue weighted by molar-refractivity contribution is 5.74. The quantitative estimate of drug-likeness (QED) is 0.376. The molecule has 150 valence electrons. The van der Waals surface area contributed by atoms with Crippen LogP contribution in [0.4, 0.5) is 0 Å². The molecule has 0 bridgehead atoms. The zero-order valence-corrected chi connectivity index (χ0v) is 16.1. The highest BCUT2D eigenvalue weighted by atomic mass is 16.4. The van der Waals surface area contributed by atoms with E-state index in [1.165, 1.54) is 0 Å². The van der Waals surface area contributed by atoms with Crippen molar-refractivity contribution in [2.75, 3.05) is 13.6 Å². The second kappa shape index (κ2) is 14.6. The largest absolute Gasteiger partial charge is 0.481 e. The summed E-state index contributed by atoms with van der Waals surface area (Å²) in [6.07, 6.45) is 0.770. The number of aliphatic carboxylic acids is 3. The van der Waals surface area contributed by atoms with Crippen molar-refractivity contribution in [3.63, 3.8) is 0 Å². The molecular weight excluding hydrogens is 330 g/mol. The van der Waals surface area contributed by atoms with Crippen molar-refractivity contribution in [1.82, 2.24) is 5.32 Å². The molecule has 9 nitrogen and oxygen atoms in total. The maximum Gasteiger partial charge on any atom is 0.321 e. The minimum Gasteiger partial charge on any atom is -0.481 e. The van der Waals surface area contributed by atoms with Crippen LogP contribution in [-0.2, 0) is 14.4 Å². The first kappa shape index (κ1) is 28.1. The Labute approximate surface area is 149 Å². The molecule has 0 spiro atoms. The lowest BCUT2D eigenvalue weighted by atomic mass is 9.88. The fourth-order valence-electron chi connectivity index (χ4n) is 1.37. The van der Waals surface area contributed by atoms with E-state index in [2.05, 4.69) is 5.32 Å². The normalized spacial score (nSPS) is 12.8. The summed E-state index contributed by atoms with van der Waals surface area (Å²) in [4.78, 5) is 30.2. The number of rotatable bonds is 7. The molecule has 0 fully saturated rings. The molecule has 25 heavy (non-hydrogen) atoms. The Morgan fingerprint density at radius 1 is 1.04 bits per heavy atom. The summed E-state index contributed by atoms with van der Waals surface area (Å²) in [5, 5.41) is 27.6. The summed E-state index contributed by atoms with van der Waals surface area (Å²) >= 11 is 0. The van der Waals surface area contributed by atoms with Gasteiger partial charge >= 0.3 is 17.9 Å². The van der Waals surface area contributed by atoms with Gasteiger partial charge in [-0.15, -0.1) is 0 Å². The number of carboxylic acids is 3. The Morgan fingerprint density at radius 2 is 1.48 bits per heavy atom. The molecule has 0 aliphatic carbocycles. The highest BCUT2D eigenvalue weighted by Crippen LogP contribution is 2.16. The molecule has 9 heteroatoms. The first-order valence-corrected chi connectivity index (χ1v) is 8.02. The molecule has 0 aromatic heterocycles. The van der Waals surface area contributed by atoms with E-state index in [0.717, 1.165) is 0 Å². The van der Waals surface area contributed by atoms with Crippen LogP contribution in [-0.4, -0.2) is 58.9 Å². The van der Waals surface area contributed by atoms with Gasteiger partial charge in [0.1, 0.15) is 12.1 Å². The lowest BCUT2D eigenvalue weighted by molar-refractivity contribution is -0.141. The predicted molar refractivity (Wildman–Crippen MR) is 96.3 cm³/mol. The molecule has 0 rings (SSSR count). The summed E-state index contributed by atoms with van der Waals surface area (Å²) in [6.45, 7) is 9.60. The van der Waals surface area contributed by atoms with Gasteiger partial charge in [-0.2, -0.15) is 0 Å². The first-order chi connectivity index (χ1) is 11.2. The third-order valence-corrected chi connectivity index (χ3v) is 3.04. The van der Waals surface area contributed by atoms with Crippen LogP contribution in [0.2, 0.25) is 0 Å². The Balaban J connectivity index is -0.000000293. The molecule has 2 atom stereocenters. The van der Waals surface area contributed by atoms with Gasteiger partial charge in [0.25, 0.3) is 0 Å². The number of nitrogens with one attached hydrogen (secondary N) is 1. The molecule has 0 amide bonds.